The van der Waals surface area contributed by atoms with Gasteiger partial charge in [-0.25, -0.2) is 0 Å². The number of anilines is 2. The first-order valence-electron chi connectivity index (χ1n) is 7.13. The fraction of sp³-hybridized carbons (Fsp3) is 0.438. The van der Waals surface area contributed by atoms with Crippen molar-refractivity contribution < 1.29 is 0 Å². The Labute approximate surface area is 114 Å². The molecule has 1 aliphatic heterocycles. The fourth-order valence-electron chi connectivity index (χ4n) is 3.33. The third-order valence-electron chi connectivity index (χ3n) is 4.36. The van der Waals surface area contributed by atoms with Crippen molar-refractivity contribution >= 4 is 22.1 Å². The molecule has 0 saturated carbocycles. The summed E-state index contributed by atoms with van der Waals surface area (Å²) < 4.78 is 0. The molecular formula is C16H21N3. The summed E-state index contributed by atoms with van der Waals surface area (Å²) in [5.74, 6) is 0. The summed E-state index contributed by atoms with van der Waals surface area (Å²) in [5.41, 5.74) is 8.19. The van der Waals surface area contributed by atoms with Crippen LogP contribution in [-0.2, 0) is 0 Å². The molecule has 3 nitrogen and oxygen atoms in total. The van der Waals surface area contributed by atoms with Gasteiger partial charge in [-0.3, -0.25) is 4.98 Å². The van der Waals surface area contributed by atoms with Gasteiger partial charge in [0, 0.05) is 46.6 Å². The number of benzene rings is 1. The van der Waals surface area contributed by atoms with Gasteiger partial charge in [0.2, 0.25) is 0 Å². The lowest BCUT2D eigenvalue weighted by Gasteiger charge is -2.31. The number of pyridine rings is 1. The smallest absolute Gasteiger partial charge is 0.0453 e. The van der Waals surface area contributed by atoms with E-state index in [1.807, 2.05) is 18.5 Å². The van der Waals surface area contributed by atoms with E-state index >= 15 is 0 Å². The average molecular weight is 255 g/mol. The van der Waals surface area contributed by atoms with Crippen LogP contribution in [0.25, 0.3) is 10.8 Å². The molecule has 1 aliphatic rings. The second-order valence-electron chi connectivity index (χ2n) is 5.49. The predicted molar refractivity (Wildman–Crippen MR) is 81.4 cm³/mol. The summed E-state index contributed by atoms with van der Waals surface area (Å²) in [5, 5.41) is 2.29. The number of hydrogen-bond acceptors (Lipinski definition) is 3. The first kappa shape index (κ1) is 12.3. The molecule has 19 heavy (non-hydrogen) atoms. The summed E-state index contributed by atoms with van der Waals surface area (Å²) in [7, 11) is 0. The van der Waals surface area contributed by atoms with E-state index in [2.05, 4.69) is 35.9 Å². The molecule has 0 aliphatic carbocycles. The summed E-state index contributed by atoms with van der Waals surface area (Å²) in [6.45, 7) is 4.59. The monoisotopic (exact) mass is 255 g/mol. The van der Waals surface area contributed by atoms with Crippen molar-refractivity contribution in [1.82, 2.24) is 4.98 Å². The zero-order valence-electron chi connectivity index (χ0n) is 11.6. The molecule has 3 rings (SSSR count). The molecule has 0 bridgehead atoms. The summed E-state index contributed by atoms with van der Waals surface area (Å²) in [6.07, 6.45) is 7.48. The molecule has 0 amide bonds. The Balaban J connectivity index is 2.17. The Hall–Kier alpha value is -1.77. The van der Waals surface area contributed by atoms with Gasteiger partial charge >= 0.3 is 0 Å². The van der Waals surface area contributed by atoms with E-state index in [4.69, 9.17) is 5.73 Å². The zero-order valence-corrected chi connectivity index (χ0v) is 11.6. The molecule has 0 radical (unpaired) electrons. The highest BCUT2D eigenvalue weighted by molar-refractivity contribution is 6.01. The molecule has 1 aromatic carbocycles. The third kappa shape index (κ3) is 1.93. The SMILES string of the molecule is CCC1CCC(C)N1c1ccc(N)c2cnccc12. The Morgan fingerprint density at radius 2 is 2.11 bits per heavy atom. The van der Waals surface area contributed by atoms with Crippen LogP contribution < -0.4 is 10.6 Å². The van der Waals surface area contributed by atoms with Gasteiger partial charge in [0.05, 0.1) is 0 Å². The van der Waals surface area contributed by atoms with Crippen LogP contribution in [0, 0.1) is 0 Å². The van der Waals surface area contributed by atoms with Crippen molar-refractivity contribution in [3.63, 3.8) is 0 Å². The van der Waals surface area contributed by atoms with Gasteiger partial charge in [-0.05, 0) is 44.4 Å². The molecule has 1 fully saturated rings. The van der Waals surface area contributed by atoms with E-state index in [-0.39, 0.29) is 0 Å². The predicted octanol–water partition coefficient (Wildman–Crippen LogP) is 3.58. The normalized spacial score (nSPS) is 23.2. The van der Waals surface area contributed by atoms with Gasteiger partial charge in [-0.15, -0.1) is 0 Å². The first-order chi connectivity index (χ1) is 9.22. The minimum atomic E-state index is 0.602. The van der Waals surface area contributed by atoms with Crippen molar-refractivity contribution in [1.29, 1.82) is 0 Å². The van der Waals surface area contributed by atoms with E-state index in [1.54, 1.807) is 0 Å². The van der Waals surface area contributed by atoms with E-state index < -0.39 is 0 Å². The van der Waals surface area contributed by atoms with Crippen LogP contribution in [-0.4, -0.2) is 17.1 Å². The van der Waals surface area contributed by atoms with Crippen LogP contribution in [0.3, 0.4) is 0 Å². The molecule has 2 aromatic rings. The largest absolute Gasteiger partial charge is 0.398 e. The number of fused-ring (bicyclic) bond motifs is 1. The minimum absolute atomic E-state index is 0.602. The third-order valence-corrected chi connectivity index (χ3v) is 4.36. The van der Waals surface area contributed by atoms with Gasteiger partial charge in [0.25, 0.3) is 0 Å². The maximum absolute atomic E-state index is 6.07. The Morgan fingerprint density at radius 1 is 1.26 bits per heavy atom. The van der Waals surface area contributed by atoms with Gasteiger partial charge in [0.15, 0.2) is 0 Å². The Bertz CT molecular complexity index is 594. The highest BCUT2D eigenvalue weighted by Gasteiger charge is 2.30. The van der Waals surface area contributed by atoms with Crippen molar-refractivity contribution in [2.24, 2.45) is 0 Å². The van der Waals surface area contributed by atoms with Gasteiger partial charge in [-0.1, -0.05) is 6.92 Å². The van der Waals surface area contributed by atoms with E-state index in [1.165, 1.54) is 30.3 Å². The second kappa shape index (κ2) is 4.72. The van der Waals surface area contributed by atoms with Crippen LogP contribution in [0.1, 0.15) is 33.1 Å². The zero-order chi connectivity index (χ0) is 13.4. The first-order valence-corrected chi connectivity index (χ1v) is 7.13. The molecule has 2 unspecified atom stereocenters. The van der Waals surface area contributed by atoms with Crippen molar-refractivity contribution in [2.75, 3.05) is 10.6 Å². The topological polar surface area (TPSA) is 42.1 Å². The van der Waals surface area contributed by atoms with Crippen LogP contribution in [0.15, 0.2) is 30.6 Å². The van der Waals surface area contributed by atoms with Crippen molar-refractivity contribution in [2.45, 2.75) is 45.2 Å². The van der Waals surface area contributed by atoms with Crippen LogP contribution in [0.4, 0.5) is 11.4 Å². The Kier molecular flexibility index (Phi) is 3.05. The molecule has 100 valence electrons. The standard InChI is InChI=1S/C16H21N3/c1-3-12-5-4-11(2)19(12)16-7-6-15(17)14-10-18-9-8-13(14)16/h6-12H,3-5,17H2,1-2H3. The fourth-order valence-corrected chi connectivity index (χ4v) is 3.33. The minimum Gasteiger partial charge on any atom is -0.398 e. The average Bonchev–Trinajstić information content (AvgIpc) is 2.81. The Morgan fingerprint density at radius 3 is 2.89 bits per heavy atom. The molecule has 1 aromatic heterocycles. The van der Waals surface area contributed by atoms with Crippen molar-refractivity contribution in [3.05, 3.63) is 30.6 Å². The summed E-state index contributed by atoms with van der Waals surface area (Å²) in [6, 6.07) is 7.51. The maximum atomic E-state index is 6.07. The molecule has 2 atom stereocenters. The van der Waals surface area contributed by atoms with E-state index in [0.717, 1.165) is 11.1 Å². The second-order valence-corrected chi connectivity index (χ2v) is 5.49. The number of rotatable bonds is 2. The van der Waals surface area contributed by atoms with Crippen LogP contribution in [0.5, 0.6) is 0 Å². The molecular weight excluding hydrogens is 234 g/mol. The number of hydrogen-bond donors (Lipinski definition) is 1. The molecule has 2 N–H and O–H groups in total. The molecule has 0 spiro atoms. The molecule has 3 heteroatoms. The van der Waals surface area contributed by atoms with E-state index in [0.29, 0.717) is 12.1 Å². The lowest BCUT2D eigenvalue weighted by atomic mass is 10.1. The lowest BCUT2D eigenvalue weighted by molar-refractivity contribution is 0.630. The number of aromatic nitrogens is 1. The van der Waals surface area contributed by atoms with E-state index in [9.17, 15) is 0 Å². The van der Waals surface area contributed by atoms with Crippen LogP contribution in [0.2, 0.25) is 0 Å². The summed E-state index contributed by atoms with van der Waals surface area (Å²) in [4.78, 5) is 6.77. The highest BCUT2D eigenvalue weighted by atomic mass is 15.2. The number of nitrogen functional groups attached to an aromatic ring is 1. The highest BCUT2D eigenvalue weighted by Crippen LogP contribution is 2.37. The quantitative estimate of drug-likeness (QED) is 0.834. The van der Waals surface area contributed by atoms with Gasteiger partial charge in [0.1, 0.15) is 0 Å². The maximum Gasteiger partial charge on any atom is 0.0453 e. The van der Waals surface area contributed by atoms with Gasteiger partial charge < -0.3 is 10.6 Å². The summed E-state index contributed by atoms with van der Waals surface area (Å²) >= 11 is 0. The number of nitrogens with zero attached hydrogens (tertiary/aromatic N) is 2. The molecule has 2 heterocycles. The molecule has 1 saturated heterocycles. The van der Waals surface area contributed by atoms with Gasteiger partial charge in [-0.2, -0.15) is 0 Å². The van der Waals surface area contributed by atoms with Crippen LogP contribution >= 0.6 is 0 Å². The van der Waals surface area contributed by atoms with Crippen molar-refractivity contribution in [3.8, 4) is 0 Å². The number of nitrogens with two attached hydrogens (primary N) is 1. The lowest BCUT2D eigenvalue weighted by Crippen LogP contribution is -2.34.